The number of phenolic OH excluding ortho intramolecular Hbond substituents is 1. The van der Waals surface area contributed by atoms with Crippen LogP contribution >= 0.6 is 22.6 Å². The molecule has 0 fully saturated rings. The van der Waals surface area contributed by atoms with E-state index in [-0.39, 0.29) is 17.4 Å². The van der Waals surface area contributed by atoms with Gasteiger partial charge in [0.25, 0.3) is 0 Å². The van der Waals surface area contributed by atoms with Crippen molar-refractivity contribution in [1.29, 1.82) is 0 Å². The van der Waals surface area contributed by atoms with Crippen LogP contribution in [0.3, 0.4) is 0 Å². The van der Waals surface area contributed by atoms with E-state index in [0.29, 0.717) is 41.0 Å². The molecule has 3 rings (SSSR count). The van der Waals surface area contributed by atoms with Gasteiger partial charge < -0.3 is 25.6 Å². The second kappa shape index (κ2) is 14.3. The first-order chi connectivity index (χ1) is 18.7. The van der Waals surface area contributed by atoms with E-state index >= 15 is 0 Å². The van der Waals surface area contributed by atoms with Gasteiger partial charge in [0.1, 0.15) is 5.75 Å². The van der Waals surface area contributed by atoms with E-state index in [1.54, 1.807) is 66.7 Å². The molecule has 3 aromatic carbocycles. The maximum absolute atomic E-state index is 12.8. The Morgan fingerprint density at radius 3 is 2.44 bits per heavy atom. The van der Waals surface area contributed by atoms with Gasteiger partial charge >= 0.3 is 6.09 Å². The number of ether oxygens (including phenoxy) is 2. The first-order valence-electron chi connectivity index (χ1n) is 12.1. The van der Waals surface area contributed by atoms with Crippen molar-refractivity contribution < 1.29 is 29.0 Å². The first kappa shape index (κ1) is 29.7. The second-order valence-electron chi connectivity index (χ2n) is 8.62. The molecular formula is C29H30IN3O6. The molecular weight excluding hydrogens is 613 g/mol. The number of hydrogen-bond acceptors (Lipinski definition) is 7. The molecule has 0 radical (unpaired) electrons. The molecule has 10 heteroatoms. The number of amides is 2. The van der Waals surface area contributed by atoms with Crippen LogP contribution in [0.25, 0.3) is 0 Å². The Bertz CT molecular complexity index is 1340. The average molecular weight is 643 g/mol. The summed E-state index contributed by atoms with van der Waals surface area (Å²) in [6.45, 7) is 1.46. The standard InChI is InChI=1S/C29H30IN3O6/c1-18(34)19-11-14-21(15-12-19)32-29(37)39-28(22-17-20(30)13-16-25(22)35)26(38-2)9-5-6-10-27(36)33-24-8-4-3-7-23(24)31/h3-4,6-8,10-17,26,28,35H,5,9,31H2,1-2H3,(H,32,37)(H,33,36)/b10-6+/t26-,28-/m1/s1. The molecule has 0 saturated heterocycles. The van der Waals surface area contributed by atoms with Gasteiger partial charge in [-0.05, 0) is 103 Å². The highest BCUT2D eigenvalue weighted by atomic mass is 127. The Kier molecular flexibility index (Phi) is 10.9. The number of phenols is 1. The number of ketones is 1. The van der Waals surface area contributed by atoms with Gasteiger partial charge in [-0.1, -0.05) is 18.2 Å². The molecule has 2 atom stereocenters. The predicted octanol–water partition coefficient (Wildman–Crippen LogP) is 6.06. The molecule has 0 aliphatic carbocycles. The molecule has 9 nitrogen and oxygen atoms in total. The third-order valence-corrected chi connectivity index (χ3v) is 6.49. The number of nitrogen functional groups attached to an aromatic ring is 1. The topological polar surface area (TPSA) is 140 Å². The highest BCUT2D eigenvalue weighted by molar-refractivity contribution is 14.1. The number of allylic oxidation sites excluding steroid dienone is 1. The summed E-state index contributed by atoms with van der Waals surface area (Å²) in [5.41, 5.74) is 8.19. The van der Waals surface area contributed by atoms with Crippen molar-refractivity contribution in [3.63, 3.8) is 0 Å². The quantitative estimate of drug-likeness (QED) is 0.0862. The summed E-state index contributed by atoms with van der Waals surface area (Å²) in [4.78, 5) is 36.6. The summed E-state index contributed by atoms with van der Waals surface area (Å²) < 4.78 is 12.3. The molecule has 0 spiro atoms. The predicted molar refractivity (Wildman–Crippen MR) is 159 cm³/mol. The molecule has 5 N–H and O–H groups in total. The molecule has 0 aromatic heterocycles. The second-order valence-corrected chi connectivity index (χ2v) is 9.86. The van der Waals surface area contributed by atoms with Crippen LogP contribution in [0.15, 0.2) is 78.9 Å². The van der Waals surface area contributed by atoms with Crippen molar-refractivity contribution in [2.24, 2.45) is 0 Å². The van der Waals surface area contributed by atoms with Gasteiger partial charge in [0.05, 0.1) is 17.5 Å². The summed E-state index contributed by atoms with van der Waals surface area (Å²) >= 11 is 2.10. The lowest BCUT2D eigenvalue weighted by Gasteiger charge is -2.27. The molecule has 39 heavy (non-hydrogen) atoms. The number of hydrogen-bond donors (Lipinski definition) is 4. The molecule has 0 aliphatic heterocycles. The van der Waals surface area contributed by atoms with Gasteiger partial charge in [0.2, 0.25) is 5.91 Å². The number of benzene rings is 3. The van der Waals surface area contributed by atoms with Crippen molar-refractivity contribution in [3.8, 4) is 5.75 Å². The van der Waals surface area contributed by atoms with Crippen LogP contribution in [0.2, 0.25) is 0 Å². The monoisotopic (exact) mass is 643 g/mol. The summed E-state index contributed by atoms with van der Waals surface area (Å²) in [5, 5.41) is 15.9. The Morgan fingerprint density at radius 1 is 1.05 bits per heavy atom. The molecule has 204 valence electrons. The molecule has 0 heterocycles. The Labute approximate surface area is 240 Å². The van der Waals surface area contributed by atoms with Crippen LogP contribution in [-0.2, 0) is 14.3 Å². The van der Waals surface area contributed by atoms with Crippen molar-refractivity contribution >= 4 is 57.4 Å². The molecule has 0 saturated carbocycles. The number of carbonyl (C=O) groups excluding carboxylic acids is 3. The number of methoxy groups -OCH3 is 1. The summed E-state index contributed by atoms with van der Waals surface area (Å²) in [6.07, 6.45) is 1.54. The Balaban J connectivity index is 1.70. The number of anilines is 3. The van der Waals surface area contributed by atoms with E-state index in [2.05, 4.69) is 33.2 Å². The van der Waals surface area contributed by atoms with E-state index < -0.39 is 18.3 Å². The highest BCUT2D eigenvalue weighted by Crippen LogP contribution is 2.34. The molecule has 0 bridgehead atoms. The van der Waals surface area contributed by atoms with Gasteiger partial charge in [-0.2, -0.15) is 0 Å². The van der Waals surface area contributed by atoms with Crippen molar-refractivity contribution in [3.05, 3.63) is 93.6 Å². The lowest BCUT2D eigenvalue weighted by Crippen LogP contribution is -2.28. The largest absolute Gasteiger partial charge is 0.508 e. The van der Waals surface area contributed by atoms with Crippen LogP contribution in [0.4, 0.5) is 21.9 Å². The zero-order valence-electron chi connectivity index (χ0n) is 21.5. The van der Waals surface area contributed by atoms with Gasteiger partial charge in [-0.15, -0.1) is 0 Å². The molecule has 0 aliphatic rings. The summed E-state index contributed by atoms with van der Waals surface area (Å²) in [6, 6.07) is 18.3. The number of carbonyl (C=O) groups is 3. The summed E-state index contributed by atoms with van der Waals surface area (Å²) in [5.74, 6) is -0.464. The van der Waals surface area contributed by atoms with Crippen molar-refractivity contribution in [2.75, 3.05) is 23.5 Å². The number of aromatic hydroxyl groups is 1. The Morgan fingerprint density at radius 2 is 1.77 bits per heavy atom. The minimum atomic E-state index is -0.951. The zero-order chi connectivity index (χ0) is 28.4. The smallest absolute Gasteiger partial charge is 0.412 e. The fourth-order valence-electron chi connectivity index (χ4n) is 3.77. The lowest BCUT2D eigenvalue weighted by molar-refractivity contribution is -0.111. The highest BCUT2D eigenvalue weighted by Gasteiger charge is 2.29. The maximum atomic E-state index is 12.8. The minimum Gasteiger partial charge on any atom is -0.508 e. The van der Waals surface area contributed by atoms with Crippen LogP contribution in [0.5, 0.6) is 5.75 Å². The van der Waals surface area contributed by atoms with E-state index in [4.69, 9.17) is 15.2 Å². The van der Waals surface area contributed by atoms with E-state index in [1.807, 2.05) is 0 Å². The van der Waals surface area contributed by atoms with Crippen LogP contribution in [0.1, 0.15) is 41.8 Å². The van der Waals surface area contributed by atoms with Gasteiger partial charge in [-0.25, -0.2) is 4.79 Å². The van der Waals surface area contributed by atoms with E-state index in [1.165, 1.54) is 26.2 Å². The van der Waals surface area contributed by atoms with E-state index in [0.717, 1.165) is 3.57 Å². The number of nitrogens with one attached hydrogen (secondary N) is 2. The van der Waals surface area contributed by atoms with Gasteiger partial charge in [0, 0.05) is 27.5 Å². The van der Waals surface area contributed by atoms with Crippen molar-refractivity contribution in [1.82, 2.24) is 0 Å². The van der Waals surface area contributed by atoms with E-state index in [9.17, 15) is 19.5 Å². The van der Waals surface area contributed by atoms with Gasteiger partial charge in [-0.3, -0.25) is 14.9 Å². The zero-order valence-corrected chi connectivity index (χ0v) is 23.7. The third kappa shape index (κ3) is 8.82. The van der Waals surface area contributed by atoms with Crippen molar-refractivity contribution in [2.45, 2.75) is 32.0 Å². The minimum absolute atomic E-state index is 0.0450. The third-order valence-electron chi connectivity index (χ3n) is 5.81. The Hall–Kier alpha value is -3.90. The maximum Gasteiger partial charge on any atom is 0.412 e. The average Bonchev–Trinajstić information content (AvgIpc) is 2.91. The fourth-order valence-corrected chi connectivity index (χ4v) is 4.29. The number of nitrogens with two attached hydrogens (primary N) is 1. The van der Waals surface area contributed by atoms with Crippen LogP contribution in [-0.4, -0.2) is 36.1 Å². The lowest BCUT2D eigenvalue weighted by atomic mass is 9.99. The normalized spacial score (nSPS) is 12.5. The fraction of sp³-hybridized carbons (Fsp3) is 0.207. The SMILES string of the molecule is CO[C@H](CC/C=C/C(=O)Nc1ccccc1N)[C@H](OC(=O)Nc1ccc(C(C)=O)cc1)c1cc(I)ccc1O. The number of Topliss-reactive ketones (excluding diaryl/α,β-unsaturated/α-hetero) is 1. The number of rotatable bonds is 11. The molecule has 3 aromatic rings. The number of halogens is 1. The molecule has 2 amide bonds. The number of para-hydroxylation sites is 2. The van der Waals surface area contributed by atoms with Gasteiger partial charge in [0.15, 0.2) is 11.9 Å². The summed E-state index contributed by atoms with van der Waals surface area (Å²) in [7, 11) is 1.49. The van der Waals surface area contributed by atoms with Crippen LogP contribution in [0, 0.1) is 3.57 Å². The molecule has 0 unspecified atom stereocenters. The first-order valence-corrected chi connectivity index (χ1v) is 13.2. The van der Waals surface area contributed by atoms with Crippen LogP contribution < -0.4 is 16.4 Å².